The van der Waals surface area contributed by atoms with Crippen LogP contribution < -0.4 is 5.32 Å². The Morgan fingerprint density at radius 3 is 2.86 bits per heavy atom. The third kappa shape index (κ3) is 2.92. The first kappa shape index (κ1) is 14.1. The van der Waals surface area contributed by atoms with Gasteiger partial charge in [0.1, 0.15) is 5.82 Å². The van der Waals surface area contributed by atoms with Gasteiger partial charge in [-0.3, -0.25) is 4.98 Å². The molecule has 1 atom stereocenters. The summed E-state index contributed by atoms with van der Waals surface area (Å²) in [7, 11) is 0. The molecule has 110 valence electrons. The molecule has 1 unspecified atom stereocenters. The minimum atomic E-state index is 0.363. The van der Waals surface area contributed by atoms with Gasteiger partial charge in [0.2, 0.25) is 0 Å². The molecule has 0 spiro atoms. The van der Waals surface area contributed by atoms with Crippen LogP contribution in [0.25, 0.3) is 0 Å². The van der Waals surface area contributed by atoms with Crippen molar-refractivity contribution in [3.05, 3.63) is 53.0 Å². The second kappa shape index (κ2) is 6.25. The molecule has 1 aliphatic rings. The van der Waals surface area contributed by atoms with E-state index in [0.717, 1.165) is 36.5 Å². The van der Waals surface area contributed by atoms with Crippen molar-refractivity contribution >= 4 is 5.82 Å². The van der Waals surface area contributed by atoms with Gasteiger partial charge in [-0.1, -0.05) is 38.1 Å². The van der Waals surface area contributed by atoms with Crippen LogP contribution in [0.5, 0.6) is 0 Å². The molecule has 0 radical (unpaired) electrons. The lowest BCUT2D eigenvalue weighted by Crippen LogP contribution is -2.19. The zero-order valence-electron chi connectivity index (χ0n) is 12.9. The Morgan fingerprint density at radius 2 is 2.05 bits per heavy atom. The summed E-state index contributed by atoms with van der Waals surface area (Å²) < 4.78 is 0. The highest BCUT2D eigenvalue weighted by Crippen LogP contribution is 2.32. The van der Waals surface area contributed by atoms with E-state index in [0.29, 0.717) is 6.04 Å². The van der Waals surface area contributed by atoms with Crippen LogP contribution in [0.1, 0.15) is 55.2 Å². The Balaban J connectivity index is 1.90. The number of rotatable bonds is 4. The smallest absolute Gasteiger partial charge is 0.148 e. The number of fused-ring (bicyclic) bond motifs is 1. The van der Waals surface area contributed by atoms with Gasteiger partial charge < -0.3 is 5.32 Å². The summed E-state index contributed by atoms with van der Waals surface area (Å²) in [5.41, 5.74) is 5.02. The Labute approximate surface area is 126 Å². The quantitative estimate of drug-likeness (QED) is 0.917. The molecule has 0 aliphatic heterocycles. The number of anilines is 1. The normalized spacial score (nSPS) is 17.3. The van der Waals surface area contributed by atoms with Crippen LogP contribution in [0.3, 0.4) is 0 Å². The van der Waals surface area contributed by atoms with Crippen LogP contribution in [-0.2, 0) is 19.3 Å². The highest BCUT2D eigenvalue weighted by atomic mass is 15.0. The molecule has 3 heteroatoms. The van der Waals surface area contributed by atoms with E-state index in [9.17, 15) is 0 Å². The molecule has 0 bridgehead atoms. The molecule has 1 heterocycles. The molecule has 3 nitrogen and oxygen atoms in total. The van der Waals surface area contributed by atoms with Gasteiger partial charge in [-0.15, -0.1) is 0 Å². The highest BCUT2D eigenvalue weighted by molar-refractivity contribution is 5.45. The van der Waals surface area contributed by atoms with Gasteiger partial charge in [-0.05, 0) is 43.2 Å². The van der Waals surface area contributed by atoms with Crippen molar-refractivity contribution in [3.8, 4) is 0 Å². The van der Waals surface area contributed by atoms with E-state index < -0.39 is 0 Å². The number of benzene rings is 1. The van der Waals surface area contributed by atoms with Crippen LogP contribution in [0.15, 0.2) is 30.5 Å². The molecule has 3 rings (SSSR count). The minimum Gasteiger partial charge on any atom is -0.362 e. The lowest BCUT2D eigenvalue weighted by Gasteiger charge is -2.27. The Hall–Kier alpha value is -1.90. The third-order valence-electron chi connectivity index (χ3n) is 4.28. The number of hydrogen-bond donors (Lipinski definition) is 1. The second-order valence-electron chi connectivity index (χ2n) is 5.65. The minimum absolute atomic E-state index is 0.363. The molecule has 0 saturated heterocycles. The standard InChI is InChI=1S/C18H23N3/c1-3-14-12-19-16(4-2)18(20-14)21-17-11-7-9-13-8-5-6-10-15(13)17/h5-6,8,10,12,17H,3-4,7,9,11H2,1-2H3,(H,20,21). The zero-order valence-corrected chi connectivity index (χ0v) is 12.9. The van der Waals surface area contributed by atoms with Crippen molar-refractivity contribution in [2.75, 3.05) is 5.32 Å². The lowest BCUT2D eigenvalue weighted by molar-refractivity contribution is 0.597. The largest absolute Gasteiger partial charge is 0.362 e. The number of nitrogens with one attached hydrogen (secondary N) is 1. The fraction of sp³-hybridized carbons (Fsp3) is 0.444. The van der Waals surface area contributed by atoms with Crippen LogP contribution >= 0.6 is 0 Å². The van der Waals surface area contributed by atoms with E-state index in [1.54, 1.807) is 0 Å². The van der Waals surface area contributed by atoms with E-state index in [-0.39, 0.29) is 0 Å². The predicted octanol–water partition coefficient (Wildman–Crippen LogP) is 4.09. The number of nitrogens with zero attached hydrogens (tertiary/aromatic N) is 2. The number of aromatic nitrogens is 2. The molecule has 0 saturated carbocycles. The molecule has 0 fully saturated rings. The molecule has 1 aromatic carbocycles. The molecule has 1 N–H and O–H groups in total. The molecular formula is C18H23N3. The summed E-state index contributed by atoms with van der Waals surface area (Å²) in [6, 6.07) is 9.12. The van der Waals surface area contributed by atoms with Gasteiger partial charge in [-0.2, -0.15) is 0 Å². The Bertz CT molecular complexity index is 622. The van der Waals surface area contributed by atoms with Crippen molar-refractivity contribution in [1.82, 2.24) is 9.97 Å². The van der Waals surface area contributed by atoms with E-state index >= 15 is 0 Å². The molecular weight excluding hydrogens is 258 g/mol. The van der Waals surface area contributed by atoms with E-state index in [1.807, 2.05) is 6.20 Å². The zero-order chi connectivity index (χ0) is 14.7. The highest BCUT2D eigenvalue weighted by Gasteiger charge is 2.21. The number of aryl methyl sites for hydroxylation is 3. The first-order valence-electron chi connectivity index (χ1n) is 8.01. The summed E-state index contributed by atoms with van der Waals surface area (Å²) in [5.74, 6) is 0.971. The van der Waals surface area contributed by atoms with E-state index in [4.69, 9.17) is 4.98 Å². The first-order chi connectivity index (χ1) is 10.3. The number of hydrogen-bond acceptors (Lipinski definition) is 3. The monoisotopic (exact) mass is 281 g/mol. The summed E-state index contributed by atoms with van der Waals surface area (Å²) in [6.45, 7) is 4.25. The average molecular weight is 281 g/mol. The fourth-order valence-corrected chi connectivity index (χ4v) is 3.06. The maximum Gasteiger partial charge on any atom is 0.148 e. The van der Waals surface area contributed by atoms with Crippen molar-refractivity contribution < 1.29 is 0 Å². The maximum atomic E-state index is 4.76. The molecule has 1 aliphatic carbocycles. The van der Waals surface area contributed by atoms with E-state index in [2.05, 4.69) is 48.4 Å². The van der Waals surface area contributed by atoms with Gasteiger partial charge in [0, 0.05) is 6.20 Å². The predicted molar refractivity (Wildman–Crippen MR) is 86.5 cm³/mol. The molecule has 1 aromatic heterocycles. The van der Waals surface area contributed by atoms with Crippen LogP contribution in [0, 0.1) is 0 Å². The molecule has 2 aromatic rings. The third-order valence-corrected chi connectivity index (χ3v) is 4.28. The average Bonchev–Trinajstić information content (AvgIpc) is 2.55. The van der Waals surface area contributed by atoms with Crippen molar-refractivity contribution in [3.63, 3.8) is 0 Å². The summed E-state index contributed by atoms with van der Waals surface area (Å²) >= 11 is 0. The molecule has 21 heavy (non-hydrogen) atoms. The Morgan fingerprint density at radius 1 is 1.19 bits per heavy atom. The molecule has 0 amide bonds. The van der Waals surface area contributed by atoms with Crippen LogP contribution in [0.4, 0.5) is 5.82 Å². The van der Waals surface area contributed by atoms with Crippen molar-refractivity contribution in [2.45, 2.75) is 52.0 Å². The summed E-state index contributed by atoms with van der Waals surface area (Å²) in [5, 5.41) is 3.66. The van der Waals surface area contributed by atoms with Gasteiger partial charge in [0.15, 0.2) is 0 Å². The van der Waals surface area contributed by atoms with Gasteiger partial charge >= 0.3 is 0 Å². The van der Waals surface area contributed by atoms with Crippen molar-refractivity contribution in [2.24, 2.45) is 0 Å². The van der Waals surface area contributed by atoms with Gasteiger partial charge in [0.05, 0.1) is 17.4 Å². The summed E-state index contributed by atoms with van der Waals surface area (Å²) in [4.78, 5) is 9.32. The summed E-state index contributed by atoms with van der Waals surface area (Å²) in [6.07, 6.45) is 7.32. The van der Waals surface area contributed by atoms with E-state index in [1.165, 1.54) is 24.0 Å². The lowest BCUT2D eigenvalue weighted by atomic mass is 9.88. The van der Waals surface area contributed by atoms with Gasteiger partial charge in [0.25, 0.3) is 0 Å². The topological polar surface area (TPSA) is 37.8 Å². The SMILES string of the molecule is CCc1cnc(CC)c(NC2CCCc3ccccc32)n1. The first-order valence-corrected chi connectivity index (χ1v) is 8.01. The van der Waals surface area contributed by atoms with Crippen LogP contribution in [-0.4, -0.2) is 9.97 Å². The van der Waals surface area contributed by atoms with Crippen molar-refractivity contribution in [1.29, 1.82) is 0 Å². The second-order valence-corrected chi connectivity index (χ2v) is 5.65. The fourth-order valence-electron chi connectivity index (χ4n) is 3.06. The van der Waals surface area contributed by atoms with Crippen LogP contribution in [0.2, 0.25) is 0 Å². The Kier molecular flexibility index (Phi) is 4.18. The maximum absolute atomic E-state index is 4.76. The van der Waals surface area contributed by atoms with Gasteiger partial charge in [-0.25, -0.2) is 4.98 Å².